The number of carbonyl (C=O) groups is 2. The number of benzene rings is 2. The van der Waals surface area contributed by atoms with Crippen molar-refractivity contribution in [1.29, 1.82) is 0 Å². The van der Waals surface area contributed by atoms with Gasteiger partial charge in [-0.25, -0.2) is 17.9 Å². The van der Waals surface area contributed by atoms with Gasteiger partial charge >= 0.3 is 5.97 Å². The molecule has 0 aliphatic carbocycles. The minimum atomic E-state index is -3.71. The van der Waals surface area contributed by atoms with Gasteiger partial charge in [0.05, 0.1) is 16.6 Å². The standard InChI is InChI=1S/C23H27NO6S/c1-15-6-7-19(13-16(15)2)22(25)17(3)30-23(26)18-8-10-21(11-9-18)31(27,28)24-14-20-5-4-12-29-20/h6-11,13,17,20,24H,4-5,12,14H2,1-3H3. The van der Waals surface area contributed by atoms with E-state index < -0.39 is 22.1 Å². The quantitative estimate of drug-likeness (QED) is 0.495. The number of esters is 1. The van der Waals surface area contributed by atoms with Gasteiger partial charge in [0.2, 0.25) is 15.8 Å². The van der Waals surface area contributed by atoms with Gasteiger partial charge in [-0.1, -0.05) is 12.1 Å². The number of hydrogen-bond acceptors (Lipinski definition) is 6. The van der Waals surface area contributed by atoms with Crippen molar-refractivity contribution in [1.82, 2.24) is 4.72 Å². The molecular formula is C23H27NO6S. The van der Waals surface area contributed by atoms with Gasteiger partial charge in [0.25, 0.3) is 0 Å². The molecule has 0 amide bonds. The molecule has 0 saturated carbocycles. The van der Waals surface area contributed by atoms with Crippen molar-refractivity contribution >= 4 is 21.8 Å². The summed E-state index contributed by atoms with van der Waals surface area (Å²) in [5.74, 6) is -0.991. The van der Waals surface area contributed by atoms with Crippen LogP contribution in [0.2, 0.25) is 0 Å². The monoisotopic (exact) mass is 445 g/mol. The molecule has 1 saturated heterocycles. The maximum atomic E-state index is 12.6. The number of Topliss-reactive ketones (excluding diaryl/α,β-unsaturated/α-hetero) is 1. The summed E-state index contributed by atoms with van der Waals surface area (Å²) in [6, 6.07) is 10.7. The summed E-state index contributed by atoms with van der Waals surface area (Å²) in [6.07, 6.45) is 0.673. The van der Waals surface area contributed by atoms with Crippen LogP contribution in [0, 0.1) is 13.8 Å². The zero-order chi connectivity index (χ0) is 22.6. The van der Waals surface area contributed by atoms with E-state index in [-0.39, 0.29) is 28.9 Å². The van der Waals surface area contributed by atoms with Crippen LogP contribution in [-0.4, -0.2) is 45.5 Å². The molecule has 166 valence electrons. The highest BCUT2D eigenvalue weighted by Crippen LogP contribution is 2.16. The third-order valence-electron chi connectivity index (χ3n) is 5.37. The first kappa shape index (κ1) is 23.1. The Hall–Kier alpha value is -2.55. The summed E-state index contributed by atoms with van der Waals surface area (Å²) in [4.78, 5) is 25.0. The second-order valence-corrected chi connectivity index (χ2v) is 9.49. The molecule has 2 unspecified atom stereocenters. The van der Waals surface area contributed by atoms with Gasteiger partial charge in [-0.2, -0.15) is 0 Å². The van der Waals surface area contributed by atoms with Crippen LogP contribution in [0.3, 0.4) is 0 Å². The Kier molecular flexibility index (Phi) is 7.25. The predicted molar refractivity (Wildman–Crippen MR) is 116 cm³/mol. The summed E-state index contributed by atoms with van der Waals surface area (Å²) < 4.78 is 38.1. The first-order valence-electron chi connectivity index (χ1n) is 10.2. The molecule has 2 atom stereocenters. The fourth-order valence-electron chi connectivity index (χ4n) is 3.27. The van der Waals surface area contributed by atoms with E-state index in [1.165, 1.54) is 31.2 Å². The molecule has 0 bridgehead atoms. The van der Waals surface area contributed by atoms with Gasteiger partial charge in [0.15, 0.2) is 6.10 Å². The average molecular weight is 446 g/mol. The highest BCUT2D eigenvalue weighted by Gasteiger charge is 2.23. The van der Waals surface area contributed by atoms with E-state index in [1.54, 1.807) is 12.1 Å². The van der Waals surface area contributed by atoms with E-state index in [1.807, 2.05) is 19.9 Å². The topological polar surface area (TPSA) is 98.8 Å². The van der Waals surface area contributed by atoms with Gasteiger partial charge in [-0.15, -0.1) is 0 Å². The SMILES string of the molecule is Cc1ccc(C(=O)C(C)OC(=O)c2ccc(S(=O)(=O)NCC3CCCO3)cc2)cc1C. The minimum absolute atomic E-state index is 0.0429. The van der Waals surface area contributed by atoms with E-state index in [4.69, 9.17) is 9.47 Å². The normalized spacial score (nSPS) is 17.3. The van der Waals surface area contributed by atoms with Gasteiger partial charge in [-0.3, -0.25) is 4.79 Å². The van der Waals surface area contributed by atoms with Crippen LogP contribution in [0.4, 0.5) is 0 Å². The zero-order valence-corrected chi connectivity index (χ0v) is 18.7. The maximum absolute atomic E-state index is 12.6. The second kappa shape index (κ2) is 9.72. The molecule has 31 heavy (non-hydrogen) atoms. The lowest BCUT2D eigenvalue weighted by atomic mass is 10.0. The molecule has 2 aromatic rings. The molecule has 8 heteroatoms. The summed E-state index contributed by atoms with van der Waals surface area (Å²) in [7, 11) is -3.71. The van der Waals surface area contributed by atoms with E-state index in [2.05, 4.69) is 4.72 Å². The van der Waals surface area contributed by atoms with Crippen LogP contribution in [0.25, 0.3) is 0 Å². The third kappa shape index (κ3) is 5.78. The van der Waals surface area contributed by atoms with Crippen LogP contribution in [0.5, 0.6) is 0 Å². The molecule has 0 aromatic heterocycles. The number of ether oxygens (including phenoxy) is 2. The summed E-state index contributed by atoms with van der Waals surface area (Å²) in [6.45, 7) is 6.24. The fraction of sp³-hybridized carbons (Fsp3) is 0.391. The molecule has 0 spiro atoms. The van der Waals surface area contributed by atoms with Gasteiger partial charge in [0.1, 0.15) is 0 Å². The van der Waals surface area contributed by atoms with Gasteiger partial charge in [0, 0.05) is 18.7 Å². The Morgan fingerprint density at radius 3 is 2.39 bits per heavy atom. The molecule has 2 aromatic carbocycles. The molecule has 1 aliphatic rings. The number of aryl methyl sites for hydroxylation is 2. The first-order chi connectivity index (χ1) is 14.7. The molecule has 3 rings (SSSR count). The number of rotatable bonds is 8. The van der Waals surface area contributed by atoms with Crippen molar-refractivity contribution in [3.63, 3.8) is 0 Å². The highest BCUT2D eigenvalue weighted by atomic mass is 32.2. The Labute approximate surface area is 182 Å². The van der Waals surface area contributed by atoms with Gasteiger partial charge < -0.3 is 9.47 Å². The Morgan fingerprint density at radius 1 is 1.10 bits per heavy atom. The van der Waals surface area contributed by atoms with E-state index in [0.29, 0.717) is 12.2 Å². The van der Waals surface area contributed by atoms with E-state index in [9.17, 15) is 18.0 Å². The summed E-state index contributed by atoms with van der Waals surface area (Å²) in [5, 5.41) is 0. The van der Waals surface area contributed by atoms with E-state index in [0.717, 1.165) is 24.0 Å². The summed E-state index contributed by atoms with van der Waals surface area (Å²) >= 11 is 0. The van der Waals surface area contributed by atoms with Crippen molar-refractivity contribution in [3.05, 3.63) is 64.7 Å². The molecule has 1 heterocycles. The van der Waals surface area contributed by atoms with Crippen molar-refractivity contribution < 1.29 is 27.5 Å². The number of carbonyl (C=O) groups excluding carboxylic acids is 2. The fourth-order valence-corrected chi connectivity index (χ4v) is 4.34. The third-order valence-corrected chi connectivity index (χ3v) is 6.81. The van der Waals surface area contributed by atoms with Crippen molar-refractivity contribution in [2.75, 3.05) is 13.2 Å². The molecule has 0 radical (unpaired) electrons. The summed E-state index contributed by atoms with van der Waals surface area (Å²) in [5.41, 5.74) is 2.69. The molecular weight excluding hydrogens is 418 g/mol. The largest absolute Gasteiger partial charge is 0.451 e. The van der Waals surface area contributed by atoms with Crippen LogP contribution in [-0.2, 0) is 19.5 Å². The average Bonchev–Trinajstić information content (AvgIpc) is 3.27. The Balaban J connectivity index is 1.61. The first-order valence-corrected chi connectivity index (χ1v) is 11.7. The smallest absolute Gasteiger partial charge is 0.338 e. The lowest BCUT2D eigenvalue weighted by Crippen LogP contribution is -2.31. The zero-order valence-electron chi connectivity index (χ0n) is 17.9. The van der Waals surface area contributed by atoms with Crippen molar-refractivity contribution in [2.45, 2.75) is 50.7 Å². The van der Waals surface area contributed by atoms with Crippen molar-refractivity contribution in [3.8, 4) is 0 Å². The number of nitrogens with one attached hydrogen (secondary N) is 1. The lowest BCUT2D eigenvalue weighted by molar-refractivity contribution is 0.0318. The van der Waals surface area contributed by atoms with Crippen molar-refractivity contribution in [2.24, 2.45) is 0 Å². The Morgan fingerprint density at radius 2 is 1.77 bits per heavy atom. The van der Waals surface area contributed by atoms with Crippen LogP contribution < -0.4 is 4.72 Å². The molecule has 1 fully saturated rings. The second-order valence-electron chi connectivity index (χ2n) is 7.72. The number of hydrogen-bond donors (Lipinski definition) is 1. The van der Waals surface area contributed by atoms with Gasteiger partial charge in [-0.05, 0) is 75.1 Å². The molecule has 1 N–H and O–H groups in total. The predicted octanol–water partition coefficient (Wildman–Crippen LogP) is 3.19. The maximum Gasteiger partial charge on any atom is 0.338 e. The lowest BCUT2D eigenvalue weighted by Gasteiger charge is -2.14. The minimum Gasteiger partial charge on any atom is -0.451 e. The molecule has 7 nitrogen and oxygen atoms in total. The van der Waals surface area contributed by atoms with Crippen LogP contribution >= 0.6 is 0 Å². The van der Waals surface area contributed by atoms with Crippen LogP contribution in [0.15, 0.2) is 47.4 Å². The number of ketones is 1. The Bertz CT molecular complexity index is 1060. The number of sulfonamides is 1. The highest BCUT2D eigenvalue weighted by molar-refractivity contribution is 7.89. The van der Waals surface area contributed by atoms with Crippen LogP contribution in [0.1, 0.15) is 51.6 Å². The van der Waals surface area contributed by atoms with E-state index >= 15 is 0 Å². The molecule has 1 aliphatic heterocycles.